The molecule has 11 nitrogen and oxygen atoms in total. The molecule has 9 rings (SSSR count). The highest BCUT2D eigenvalue weighted by Gasteiger charge is 2.57. The van der Waals surface area contributed by atoms with E-state index in [1.807, 2.05) is 22.5 Å². The Morgan fingerprint density at radius 2 is 1.81 bits per heavy atom. The highest BCUT2D eigenvalue weighted by molar-refractivity contribution is 6.09. The van der Waals surface area contributed by atoms with Crippen molar-refractivity contribution in [3.05, 3.63) is 60.4 Å². The number of pyridine rings is 2. The van der Waals surface area contributed by atoms with Gasteiger partial charge in [0.2, 0.25) is 5.91 Å². The van der Waals surface area contributed by atoms with Gasteiger partial charge in [-0.2, -0.15) is 0 Å². The van der Waals surface area contributed by atoms with Gasteiger partial charge < -0.3 is 24.4 Å². The first-order chi connectivity index (χ1) is 25.9. The zero-order chi connectivity index (χ0) is 37.6. The van der Waals surface area contributed by atoms with Crippen molar-refractivity contribution in [1.29, 1.82) is 0 Å². The van der Waals surface area contributed by atoms with Crippen LogP contribution >= 0.6 is 0 Å². The van der Waals surface area contributed by atoms with Crippen molar-refractivity contribution < 1.29 is 18.7 Å². The number of rotatable bonds is 7. The van der Waals surface area contributed by atoms with E-state index in [1.165, 1.54) is 12.6 Å². The van der Waals surface area contributed by atoms with Crippen LogP contribution in [0.5, 0.6) is 0 Å². The third-order valence-electron chi connectivity index (χ3n) is 13.1. The van der Waals surface area contributed by atoms with Crippen molar-refractivity contribution in [3.63, 3.8) is 0 Å². The second-order valence-corrected chi connectivity index (χ2v) is 17.6. The molecule has 1 atom stereocenters. The Kier molecular flexibility index (Phi) is 8.39. The van der Waals surface area contributed by atoms with Crippen LogP contribution in [0.4, 0.5) is 21.6 Å². The number of likely N-dealkylation sites (tertiary alicyclic amines) is 2. The molecule has 5 aliphatic rings. The molecule has 7 heterocycles. The van der Waals surface area contributed by atoms with Gasteiger partial charge in [0.15, 0.2) is 11.6 Å². The molecular formula is C42H51FN8O3. The Morgan fingerprint density at radius 1 is 1.02 bits per heavy atom. The molecule has 4 aromatic rings. The number of benzene rings is 1. The van der Waals surface area contributed by atoms with Crippen molar-refractivity contribution in [3.8, 4) is 11.3 Å². The van der Waals surface area contributed by atoms with Crippen molar-refractivity contribution in [2.24, 2.45) is 5.41 Å². The predicted octanol–water partition coefficient (Wildman–Crippen LogP) is 7.00. The molecule has 1 aromatic carbocycles. The van der Waals surface area contributed by atoms with E-state index in [2.05, 4.69) is 66.0 Å². The molecule has 284 valence electrons. The second-order valence-electron chi connectivity index (χ2n) is 17.6. The molecule has 12 heteroatoms. The van der Waals surface area contributed by atoms with Gasteiger partial charge in [0.25, 0.3) is 5.91 Å². The topological polar surface area (TPSA) is 109 Å². The molecule has 3 aromatic heterocycles. The zero-order valence-electron chi connectivity index (χ0n) is 32.1. The fraction of sp³-hybridized carbons (Fsp3) is 0.548. The number of fused-ring (bicyclic) bond motifs is 3. The fourth-order valence-corrected chi connectivity index (χ4v) is 9.79. The average Bonchev–Trinajstić information content (AvgIpc) is 3.91. The highest BCUT2D eigenvalue weighted by Crippen LogP contribution is 2.53. The summed E-state index contributed by atoms with van der Waals surface area (Å²) in [6.07, 6.45) is 10.4. The Balaban J connectivity index is 1.08. The van der Waals surface area contributed by atoms with Crippen molar-refractivity contribution in [1.82, 2.24) is 29.3 Å². The molecule has 4 aliphatic heterocycles. The van der Waals surface area contributed by atoms with Crippen LogP contribution < -0.4 is 10.2 Å². The Hall–Kier alpha value is -4.42. The van der Waals surface area contributed by atoms with E-state index < -0.39 is 16.8 Å². The van der Waals surface area contributed by atoms with Gasteiger partial charge in [-0.15, -0.1) is 0 Å². The summed E-state index contributed by atoms with van der Waals surface area (Å²) in [7, 11) is 0. The summed E-state index contributed by atoms with van der Waals surface area (Å²) in [4.78, 5) is 49.0. The lowest BCUT2D eigenvalue weighted by Gasteiger charge is -2.47. The Morgan fingerprint density at radius 3 is 2.50 bits per heavy atom. The van der Waals surface area contributed by atoms with E-state index in [-0.39, 0.29) is 29.6 Å². The van der Waals surface area contributed by atoms with Gasteiger partial charge in [0.05, 0.1) is 34.8 Å². The van der Waals surface area contributed by atoms with Gasteiger partial charge in [-0.05, 0) is 101 Å². The molecule has 2 amide bonds. The summed E-state index contributed by atoms with van der Waals surface area (Å²) >= 11 is 0. The number of imidazole rings is 1. The van der Waals surface area contributed by atoms with Gasteiger partial charge in [0, 0.05) is 61.8 Å². The lowest BCUT2D eigenvalue weighted by atomic mass is 9.73. The molecule has 3 saturated heterocycles. The monoisotopic (exact) mass is 734 g/mol. The lowest BCUT2D eigenvalue weighted by molar-refractivity contribution is -0.153. The predicted molar refractivity (Wildman–Crippen MR) is 206 cm³/mol. The Bertz CT molecular complexity index is 2130. The van der Waals surface area contributed by atoms with Gasteiger partial charge in [-0.3, -0.25) is 19.5 Å². The largest absolute Gasteiger partial charge is 0.365 e. The number of ether oxygens (including phenoxy) is 1. The summed E-state index contributed by atoms with van der Waals surface area (Å²) in [5.74, 6) is 0.223. The van der Waals surface area contributed by atoms with E-state index in [4.69, 9.17) is 14.7 Å². The molecule has 54 heavy (non-hydrogen) atoms. The van der Waals surface area contributed by atoms with Gasteiger partial charge >= 0.3 is 0 Å². The van der Waals surface area contributed by atoms with Gasteiger partial charge in [-0.1, -0.05) is 26.0 Å². The quantitative estimate of drug-likeness (QED) is 0.217. The zero-order valence-corrected chi connectivity index (χ0v) is 32.1. The van der Waals surface area contributed by atoms with E-state index in [0.29, 0.717) is 55.5 Å². The summed E-state index contributed by atoms with van der Waals surface area (Å²) in [6, 6.07) is 10.6. The first-order valence-electron chi connectivity index (χ1n) is 19.8. The molecule has 4 fully saturated rings. The Labute approximate surface area is 316 Å². The highest BCUT2D eigenvalue weighted by atomic mass is 19.1. The number of amides is 2. The summed E-state index contributed by atoms with van der Waals surface area (Å²) in [5, 5.41) is 3.23. The number of carbonyl (C=O) groups excluding carboxylic acids is 2. The number of hydrogen-bond donors (Lipinski definition) is 1. The standard InChI is InChI=1S/C42H51FN8O3/c1-26(2)50-25-45-34-22-33(47-37(36(34)50)46-32-9-14-44-23-31(32)43)27-7-8-30-35(19-27)51(29-20-28(21-29)49-15-11-40(3,4)24-49)39(53)42(30)12-16-48(17-13-42)38(52)41(5)10-6-18-54-41/h7-9,14,19,22-23,25-26,28-29H,6,10-13,15-18,20-21,24H2,1-5H3,(H,44,46,47)/t28?,29?,41-/m1/s1. The number of aromatic nitrogens is 4. The lowest BCUT2D eigenvalue weighted by Crippen LogP contribution is -2.58. The van der Waals surface area contributed by atoms with Crippen LogP contribution in [0, 0.1) is 11.2 Å². The molecule has 1 aliphatic carbocycles. The normalized spacial score (nSPS) is 26.2. The maximum atomic E-state index is 15.0. The van der Waals surface area contributed by atoms with E-state index in [1.54, 1.807) is 18.6 Å². The summed E-state index contributed by atoms with van der Waals surface area (Å²) < 4.78 is 22.8. The van der Waals surface area contributed by atoms with Crippen LogP contribution in [-0.2, 0) is 19.7 Å². The third-order valence-corrected chi connectivity index (χ3v) is 13.1. The molecule has 1 N–H and O–H groups in total. The minimum absolute atomic E-state index is 0.0422. The van der Waals surface area contributed by atoms with Crippen LogP contribution in [0.25, 0.3) is 22.3 Å². The fourth-order valence-electron chi connectivity index (χ4n) is 9.79. The van der Waals surface area contributed by atoms with E-state index in [0.717, 1.165) is 66.6 Å². The van der Waals surface area contributed by atoms with Crippen molar-refractivity contribution >= 4 is 40.0 Å². The minimum atomic E-state index is -0.774. The van der Waals surface area contributed by atoms with Crippen LogP contribution in [0.15, 0.2) is 49.1 Å². The first kappa shape index (κ1) is 35.3. The minimum Gasteiger partial charge on any atom is -0.365 e. The summed E-state index contributed by atoms with van der Waals surface area (Å²) in [5.41, 5.74) is 4.18. The maximum Gasteiger partial charge on any atom is 0.254 e. The van der Waals surface area contributed by atoms with Crippen LogP contribution in [0.3, 0.4) is 0 Å². The number of nitrogens with zero attached hydrogens (tertiary/aromatic N) is 7. The molecule has 0 bridgehead atoms. The van der Waals surface area contributed by atoms with Crippen molar-refractivity contribution in [2.75, 3.05) is 43.0 Å². The number of anilines is 3. The van der Waals surface area contributed by atoms with Gasteiger partial charge in [-0.25, -0.2) is 14.4 Å². The van der Waals surface area contributed by atoms with Crippen LogP contribution in [0.2, 0.25) is 0 Å². The molecular weight excluding hydrogens is 684 g/mol. The SMILES string of the molecule is CC(C)n1cnc2cc(-c3ccc4c(c3)N(C3CC(N5CCC(C)(C)C5)C3)C(=O)C43CCN(C(=O)[C@@]4(C)CCCO4)CC3)nc(Nc3ccncc3F)c21. The van der Waals surface area contributed by atoms with E-state index in [9.17, 15) is 14.0 Å². The number of carbonyl (C=O) groups is 2. The molecule has 0 radical (unpaired) electrons. The first-order valence-corrected chi connectivity index (χ1v) is 19.8. The molecule has 0 unspecified atom stereocenters. The average molecular weight is 735 g/mol. The summed E-state index contributed by atoms with van der Waals surface area (Å²) in [6.45, 7) is 14.6. The number of piperidine rings is 1. The van der Waals surface area contributed by atoms with Crippen LogP contribution in [0.1, 0.15) is 91.2 Å². The molecule has 1 saturated carbocycles. The number of nitrogens with one attached hydrogen (secondary N) is 1. The smallest absolute Gasteiger partial charge is 0.254 e. The van der Waals surface area contributed by atoms with Crippen molar-refractivity contribution in [2.45, 2.75) is 109 Å². The van der Waals surface area contributed by atoms with Crippen LogP contribution in [-0.4, -0.2) is 91.6 Å². The third kappa shape index (κ3) is 5.70. The molecule has 1 spiro atoms. The van der Waals surface area contributed by atoms with E-state index >= 15 is 0 Å². The maximum absolute atomic E-state index is 15.0. The van der Waals surface area contributed by atoms with Gasteiger partial charge in [0.1, 0.15) is 11.1 Å². The number of hydrogen-bond acceptors (Lipinski definition) is 8. The second kappa shape index (κ2) is 12.8. The number of halogens is 1.